The summed E-state index contributed by atoms with van der Waals surface area (Å²) in [5.74, 6) is 0.726. The van der Waals surface area contributed by atoms with Crippen molar-refractivity contribution in [3.8, 4) is 0 Å². The Balaban J connectivity index is 2.27. The Labute approximate surface area is 103 Å². The summed E-state index contributed by atoms with van der Waals surface area (Å²) < 4.78 is 5.15. The molecule has 0 fully saturated rings. The molecule has 0 spiro atoms. The SMILES string of the molecule is Cc1oc(N)nc1Cc1ccc(Cl)c(Cl)c1. The molecule has 84 valence electrons. The van der Waals surface area contributed by atoms with E-state index in [1.54, 1.807) is 6.07 Å². The number of hydrogen-bond donors (Lipinski definition) is 1. The first-order valence-electron chi connectivity index (χ1n) is 4.72. The van der Waals surface area contributed by atoms with Crippen molar-refractivity contribution in [2.45, 2.75) is 13.3 Å². The van der Waals surface area contributed by atoms with Crippen molar-refractivity contribution in [2.24, 2.45) is 0 Å². The minimum absolute atomic E-state index is 0.188. The zero-order valence-corrected chi connectivity index (χ0v) is 10.1. The monoisotopic (exact) mass is 256 g/mol. The maximum Gasteiger partial charge on any atom is 0.292 e. The number of anilines is 1. The zero-order chi connectivity index (χ0) is 11.7. The summed E-state index contributed by atoms with van der Waals surface area (Å²) in [6.45, 7) is 1.83. The van der Waals surface area contributed by atoms with Gasteiger partial charge in [0.2, 0.25) is 0 Å². The van der Waals surface area contributed by atoms with Crippen molar-refractivity contribution in [3.05, 3.63) is 45.3 Å². The van der Waals surface area contributed by atoms with Crippen LogP contribution in [0.5, 0.6) is 0 Å². The third kappa shape index (κ3) is 2.31. The van der Waals surface area contributed by atoms with E-state index in [4.69, 9.17) is 33.4 Å². The zero-order valence-electron chi connectivity index (χ0n) is 8.63. The highest BCUT2D eigenvalue weighted by Crippen LogP contribution is 2.24. The van der Waals surface area contributed by atoms with Crippen LogP contribution in [-0.2, 0) is 6.42 Å². The van der Waals surface area contributed by atoms with Crippen LogP contribution in [-0.4, -0.2) is 4.98 Å². The summed E-state index contributed by atoms with van der Waals surface area (Å²) in [4.78, 5) is 4.09. The van der Waals surface area contributed by atoms with Crippen molar-refractivity contribution >= 4 is 29.2 Å². The van der Waals surface area contributed by atoms with Crippen LogP contribution in [0.2, 0.25) is 10.0 Å². The minimum atomic E-state index is 0.188. The van der Waals surface area contributed by atoms with Crippen molar-refractivity contribution in [2.75, 3.05) is 5.73 Å². The van der Waals surface area contributed by atoms with Crippen LogP contribution in [0.15, 0.2) is 22.6 Å². The number of oxazole rings is 1. The molecule has 2 N–H and O–H groups in total. The standard InChI is InChI=1S/C11H10Cl2N2O/c1-6-10(15-11(14)16-6)5-7-2-3-8(12)9(13)4-7/h2-4H,5H2,1H3,(H2,14,15). The molecule has 2 rings (SSSR count). The first kappa shape index (κ1) is 11.3. The first-order chi connectivity index (χ1) is 7.56. The number of aryl methyl sites for hydroxylation is 1. The smallest absolute Gasteiger partial charge is 0.292 e. The molecule has 0 aliphatic rings. The second kappa shape index (κ2) is 4.36. The molecule has 5 heteroatoms. The summed E-state index contributed by atoms with van der Waals surface area (Å²) in [5, 5.41) is 1.08. The van der Waals surface area contributed by atoms with Crippen LogP contribution in [0.25, 0.3) is 0 Å². The molecule has 1 heterocycles. The lowest BCUT2D eigenvalue weighted by Crippen LogP contribution is -1.92. The van der Waals surface area contributed by atoms with Gasteiger partial charge in [0.15, 0.2) is 0 Å². The number of halogens is 2. The predicted molar refractivity (Wildman–Crippen MR) is 64.9 cm³/mol. The Morgan fingerprint density at radius 3 is 2.62 bits per heavy atom. The van der Waals surface area contributed by atoms with Gasteiger partial charge in [0.05, 0.1) is 15.7 Å². The Bertz CT molecular complexity index is 523. The Morgan fingerprint density at radius 2 is 2.06 bits per heavy atom. The number of nitrogen functional groups attached to an aromatic ring is 1. The maximum absolute atomic E-state index is 5.92. The average Bonchev–Trinajstić information content (AvgIpc) is 2.51. The van der Waals surface area contributed by atoms with E-state index in [1.807, 2.05) is 19.1 Å². The van der Waals surface area contributed by atoms with Gasteiger partial charge in [-0.2, -0.15) is 4.98 Å². The molecular weight excluding hydrogens is 247 g/mol. The minimum Gasteiger partial charge on any atom is -0.429 e. The van der Waals surface area contributed by atoms with Crippen LogP contribution in [0.1, 0.15) is 17.0 Å². The third-order valence-electron chi connectivity index (χ3n) is 2.26. The molecule has 2 aromatic rings. The maximum atomic E-state index is 5.92. The lowest BCUT2D eigenvalue weighted by atomic mass is 10.1. The topological polar surface area (TPSA) is 52.0 Å². The largest absolute Gasteiger partial charge is 0.429 e. The molecule has 0 atom stereocenters. The van der Waals surface area contributed by atoms with Crippen molar-refractivity contribution in [1.82, 2.24) is 4.98 Å². The lowest BCUT2D eigenvalue weighted by Gasteiger charge is -2.01. The van der Waals surface area contributed by atoms with Gasteiger partial charge in [-0.15, -0.1) is 0 Å². The van der Waals surface area contributed by atoms with Gasteiger partial charge in [-0.3, -0.25) is 0 Å². The average molecular weight is 257 g/mol. The van der Waals surface area contributed by atoms with Gasteiger partial charge in [-0.1, -0.05) is 29.3 Å². The Hall–Kier alpha value is -1.19. The quantitative estimate of drug-likeness (QED) is 0.896. The molecule has 16 heavy (non-hydrogen) atoms. The van der Waals surface area contributed by atoms with E-state index < -0.39 is 0 Å². The van der Waals surface area contributed by atoms with Gasteiger partial charge in [-0.05, 0) is 24.6 Å². The molecule has 0 aliphatic heterocycles. The van der Waals surface area contributed by atoms with Gasteiger partial charge < -0.3 is 10.2 Å². The summed E-state index contributed by atoms with van der Waals surface area (Å²) in [6, 6.07) is 5.66. The highest BCUT2D eigenvalue weighted by atomic mass is 35.5. The van der Waals surface area contributed by atoms with Gasteiger partial charge in [0.25, 0.3) is 6.01 Å². The molecule has 1 aromatic carbocycles. The summed E-state index contributed by atoms with van der Waals surface area (Å²) in [7, 11) is 0. The van der Waals surface area contributed by atoms with Crippen molar-refractivity contribution in [3.63, 3.8) is 0 Å². The molecular formula is C11H10Cl2N2O. The van der Waals surface area contributed by atoms with E-state index in [2.05, 4.69) is 4.98 Å². The summed E-state index contributed by atoms with van der Waals surface area (Å²) >= 11 is 11.8. The number of nitrogens with two attached hydrogens (primary N) is 1. The lowest BCUT2D eigenvalue weighted by molar-refractivity contribution is 0.545. The molecule has 0 radical (unpaired) electrons. The number of hydrogen-bond acceptors (Lipinski definition) is 3. The van der Waals surface area contributed by atoms with E-state index in [1.165, 1.54) is 0 Å². The number of benzene rings is 1. The fourth-order valence-corrected chi connectivity index (χ4v) is 1.78. The molecule has 3 nitrogen and oxygen atoms in total. The van der Waals surface area contributed by atoms with Gasteiger partial charge in [-0.25, -0.2) is 0 Å². The van der Waals surface area contributed by atoms with E-state index in [-0.39, 0.29) is 6.01 Å². The molecule has 1 aromatic heterocycles. The van der Waals surface area contributed by atoms with Crippen LogP contribution in [0.4, 0.5) is 6.01 Å². The summed E-state index contributed by atoms with van der Waals surface area (Å²) in [6.07, 6.45) is 0.628. The second-order valence-corrected chi connectivity index (χ2v) is 4.29. The highest BCUT2D eigenvalue weighted by Gasteiger charge is 2.08. The molecule has 0 unspecified atom stereocenters. The fourth-order valence-electron chi connectivity index (χ4n) is 1.46. The molecule has 0 saturated carbocycles. The highest BCUT2D eigenvalue weighted by molar-refractivity contribution is 6.42. The predicted octanol–water partition coefficient (Wildman–Crippen LogP) is 3.46. The van der Waals surface area contributed by atoms with Gasteiger partial charge >= 0.3 is 0 Å². The first-order valence-corrected chi connectivity index (χ1v) is 5.47. The van der Waals surface area contributed by atoms with Crippen LogP contribution < -0.4 is 5.73 Å². The number of nitrogens with zero attached hydrogens (tertiary/aromatic N) is 1. The Kier molecular flexibility index (Phi) is 3.08. The molecule has 0 bridgehead atoms. The fraction of sp³-hybridized carbons (Fsp3) is 0.182. The second-order valence-electron chi connectivity index (χ2n) is 3.48. The van der Waals surface area contributed by atoms with Crippen LogP contribution in [0, 0.1) is 6.92 Å². The van der Waals surface area contributed by atoms with E-state index in [9.17, 15) is 0 Å². The van der Waals surface area contributed by atoms with E-state index in [0.29, 0.717) is 16.5 Å². The molecule has 0 amide bonds. The number of aromatic nitrogens is 1. The summed E-state index contributed by atoms with van der Waals surface area (Å²) in [5.41, 5.74) is 7.30. The van der Waals surface area contributed by atoms with E-state index >= 15 is 0 Å². The van der Waals surface area contributed by atoms with Crippen molar-refractivity contribution in [1.29, 1.82) is 0 Å². The van der Waals surface area contributed by atoms with E-state index in [0.717, 1.165) is 17.0 Å². The van der Waals surface area contributed by atoms with Gasteiger partial charge in [0.1, 0.15) is 5.76 Å². The normalized spacial score (nSPS) is 10.7. The van der Waals surface area contributed by atoms with Crippen LogP contribution >= 0.6 is 23.2 Å². The molecule has 0 saturated heterocycles. The third-order valence-corrected chi connectivity index (χ3v) is 3.00. The van der Waals surface area contributed by atoms with Crippen molar-refractivity contribution < 1.29 is 4.42 Å². The molecule has 0 aliphatic carbocycles. The van der Waals surface area contributed by atoms with Crippen LogP contribution in [0.3, 0.4) is 0 Å². The van der Waals surface area contributed by atoms with Gasteiger partial charge in [0, 0.05) is 6.42 Å². The Morgan fingerprint density at radius 1 is 1.31 bits per heavy atom. The number of rotatable bonds is 2.